The molecule has 0 aliphatic heterocycles. The van der Waals surface area contributed by atoms with E-state index in [2.05, 4.69) is 18.9 Å². The van der Waals surface area contributed by atoms with E-state index >= 15 is 0 Å². The van der Waals surface area contributed by atoms with Crippen LogP contribution < -0.4 is 4.90 Å². The Kier molecular flexibility index (Phi) is 3.32. The van der Waals surface area contributed by atoms with E-state index in [0.29, 0.717) is 17.7 Å². The van der Waals surface area contributed by atoms with Crippen LogP contribution >= 0.6 is 0 Å². The Balaban J connectivity index is 2.10. The number of aldehydes is 1. The lowest BCUT2D eigenvalue weighted by Crippen LogP contribution is -2.38. The van der Waals surface area contributed by atoms with Crippen LogP contribution in [0.25, 0.3) is 0 Å². The number of carbonyl (C=O) groups excluding carboxylic acids is 1. The molecular formula is C13H19NO2. The molecule has 1 aromatic heterocycles. The van der Waals surface area contributed by atoms with Gasteiger partial charge in [-0.05, 0) is 24.8 Å². The summed E-state index contributed by atoms with van der Waals surface area (Å²) < 4.78 is 5.45. The van der Waals surface area contributed by atoms with Crippen LogP contribution in [0.2, 0.25) is 0 Å². The Morgan fingerprint density at radius 1 is 1.38 bits per heavy atom. The van der Waals surface area contributed by atoms with Gasteiger partial charge in [-0.3, -0.25) is 4.79 Å². The zero-order chi connectivity index (χ0) is 11.5. The SMILES string of the molecule is CC1CCCCC1N(C)c1ccc(C=O)o1. The van der Waals surface area contributed by atoms with Crippen LogP contribution in [0, 0.1) is 5.92 Å². The molecule has 0 bridgehead atoms. The maximum absolute atomic E-state index is 10.6. The van der Waals surface area contributed by atoms with Crippen molar-refractivity contribution in [2.75, 3.05) is 11.9 Å². The molecule has 3 heteroatoms. The third-order valence-corrected chi connectivity index (χ3v) is 3.64. The maximum atomic E-state index is 10.6. The molecule has 88 valence electrons. The van der Waals surface area contributed by atoms with Gasteiger partial charge in [0.2, 0.25) is 0 Å². The number of furan rings is 1. The molecule has 1 heterocycles. The average Bonchev–Trinajstić information content (AvgIpc) is 2.77. The number of nitrogens with zero attached hydrogens (tertiary/aromatic N) is 1. The second-order valence-corrected chi connectivity index (χ2v) is 4.73. The summed E-state index contributed by atoms with van der Waals surface area (Å²) in [6, 6.07) is 4.15. The van der Waals surface area contributed by atoms with E-state index in [4.69, 9.17) is 4.42 Å². The first kappa shape index (κ1) is 11.2. The summed E-state index contributed by atoms with van der Waals surface area (Å²) in [5, 5.41) is 0. The first-order valence-electron chi connectivity index (χ1n) is 6.00. The minimum atomic E-state index is 0.408. The monoisotopic (exact) mass is 221 g/mol. The summed E-state index contributed by atoms with van der Waals surface area (Å²) in [6.07, 6.45) is 5.89. The highest BCUT2D eigenvalue weighted by Gasteiger charge is 2.26. The highest BCUT2D eigenvalue weighted by molar-refractivity contribution is 5.71. The molecule has 2 atom stereocenters. The van der Waals surface area contributed by atoms with E-state index < -0.39 is 0 Å². The first-order chi connectivity index (χ1) is 7.72. The van der Waals surface area contributed by atoms with Gasteiger partial charge in [0.15, 0.2) is 17.9 Å². The van der Waals surface area contributed by atoms with Crippen LogP contribution in [0.15, 0.2) is 16.5 Å². The van der Waals surface area contributed by atoms with E-state index in [1.165, 1.54) is 25.7 Å². The van der Waals surface area contributed by atoms with Crippen molar-refractivity contribution < 1.29 is 9.21 Å². The minimum absolute atomic E-state index is 0.408. The number of rotatable bonds is 3. The van der Waals surface area contributed by atoms with Crippen molar-refractivity contribution in [1.29, 1.82) is 0 Å². The van der Waals surface area contributed by atoms with Gasteiger partial charge in [-0.1, -0.05) is 19.8 Å². The highest BCUT2D eigenvalue weighted by atomic mass is 16.4. The highest BCUT2D eigenvalue weighted by Crippen LogP contribution is 2.30. The Morgan fingerprint density at radius 3 is 2.75 bits per heavy atom. The molecule has 3 nitrogen and oxygen atoms in total. The summed E-state index contributed by atoms with van der Waals surface area (Å²) >= 11 is 0. The third kappa shape index (κ3) is 2.13. The standard InChI is InChI=1S/C13H19NO2/c1-10-5-3-4-6-12(10)14(2)13-8-7-11(9-15)16-13/h7-10,12H,3-6H2,1-2H3. The van der Waals surface area contributed by atoms with Gasteiger partial charge in [-0.15, -0.1) is 0 Å². The van der Waals surface area contributed by atoms with Gasteiger partial charge in [-0.25, -0.2) is 0 Å². The smallest absolute Gasteiger partial charge is 0.196 e. The van der Waals surface area contributed by atoms with Crippen LogP contribution in [0.5, 0.6) is 0 Å². The topological polar surface area (TPSA) is 33.5 Å². The fourth-order valence-corrected chi connectivity index (χ4v) is 2.63. The molecule has 0 aromatic carbocycles. The zero-order valence-corrected chi connectivity index (χ0v) is 9.98. The van der Waals surface area contributed by atoms with Crippen molar-refractivity contribution >= 4 is 12.2 Å². The fraction of sp³-hybridized carbons (Fsp3) is 0.615. The largest absolute Gasteiger partial charge is 0.438 e. The summed E-state index contributed by atoms with van der Waals surface area (Å²) in [7, 11) is 2.06. The normalized spacial score (nSPS) is 25.4. The predicted molar refractivity (Wildman–Crippen MR) is 63.9 cm³/mol. The van der Waals surface area contributed by atoms with Crippen molar-refractivity contribution in [3.8, 4) is 0 Å². The van der Waals surface area contributed by atoms with Gasteiger partial charge in [0.1, 0.15) is 0 Å². The minimum Gasteiger partial charge on any atom is -0.438 e. The summed E-state index contributed by atoms with van der Waals surface area (Å²) in [4.78, 5) is 12.7. The molecule has 1 saturated carbocycles. The molecule has 1 fully saturated rings. The molecule has 1 aliphatic rings. The molecule has 0 radical (unpaired) electrons. The molecule has 0 spiro atoms. The Labute approximate surface area is 96.4 Å². The molecule has 0 N–H and O–H groups in total. The predicted octanol–water partition coefficient (Wildman–Crippen LogP) is 3.11. The van der Waals surface area contributed by atoms with Crippen molar-refractivity contribution in [2.24, 2.45) is 5.92 Å². The Morgan fingerprint density at radius 2 is 2.12 bits per heavy atom. The van der Waals surface area contributed by atoms with E-state index in [0.717, 1.165) is 12.2 Å². The first-order valence-corrected chi connectivity index (χ1v) is 6.00. The number of hydrogen-bond acceptors (Lipinski definition) is 3. The second-order valence-electron chi connectivity index (χ2n) is 4.73. The van der Waals surface area contributed by atoms with Crippen molar-refractivity contribution in [2.45, 2.75) is 38.6 Å². The van der Waals surface area contributed by atoms with Crippen molar-refractivity contribution in [3.63, 3.8) is 0 Å². The maximum Gasteiger partial charge on any atom is 0.196 e. The lowest BCUT2D eigenvalue weighted by molar-refractivity contribution is 0.110. The van der Waals surface area contributed by atoms with Gasteiger partial charge >= 0.3 is 0 Å². The molecule has 2 rings (SSSR count). The van der Waals surface area contributed by atoms with Gasteiger partial charge in [0.05, 0.1) is 0 Å². The van der Waals surface area contributed by atoms with Gasteiger partial charge in [0, 0.05) is 19.2 Å². The number of anilines is 1. The van der Waals surface area contributed by atoms with Crippen molar-refractivity contribution in [1.82, 2.24) is 0 Å². The number of carbonyl (C=O) groups is 1. The van der Waals surface area contributed by atoms with E-state index in [1.54, 1.807) is 6.07 Å². The second kappa shape index (κ2) is 4.73. The Hall–Kier alpha value is -1.25. The fourth-order valence-electron chi connectivity index (χ4n) is 2.63. The summed E-state index contributed by atoms with van der Waals surface area (Å²) in [5.41, 5.74) is 0. The number of hydrogen-bond donors (Lipinski definition) is 0. The van der Waals surface area contributed by atoms with Crippen LogP contribution in [-0.4, -0.2) is 19.4 Å². The van der Waals surface area contributed by atoms with Crippen LogP contribution in [0.3, 0.4) is 0 Å². The zero-order valence-electron chi connectivity index (χ0n) is 9.98. The van der Waals surface area contributed by atoms with Gasteiger partial charge in [0.25, 0.3) is 0 Å². The summed E-state index contributed by atoms with van der Waals surface area (Å²) in [5.74, 6) is 1.91. The lowest BCUT2D eigenvalue weighted by Gasteiger charge is -2.36. The molecular weight excluding hydrogens is 202 g/mol. The molecule has 1 aromatic rings. The van der Waals surface area contributed by atoms with Crippen molar-refractivity contribution in [3.05, 3.63) is 17.9 Å². The molecule has 1 aliphatic carbocycles. The van der Waals surface area contributed by atoms with Gasteiger partial charge in [-0.2, -0.15) is 0 Å². The average molecular weight is 221 g/mol. The molecule has 16 heavy (non-hydrogen) atoms. The van der Waals surface area contributed by atoms with Crippen LogP contribution in [0.1, 0.15) is 43.2 Å². The molecule has 2 unspecified atom stereocenters. The van der Waals surface area contributed by atoms with Crippen LogP contribution in [0.4, 0.5) is 5.88 Å². The molecule has 0 amide bonds. The quantitative estimate of drug-likeness (QED) is 0.735. The van der Waals surface area contributed by atoms with Gasteiger partial charge < -0.3 is 9.32 Å². The van der Waals surface area contributed by atoms with E-state index in [-0.39, 0.29) is 0 Å². The van der Waals surface area contributed by atoms with E-state index in [9.17, 15) is 4.79 Å². The lowest BCUT2D eigenvalue weighted by atomic mass is 9.85. The molecule has 0 saturated heterocycles. The Bertz CT molecular complexity index is 359. The van der Waals surface area contributed by atoms with Crippen LogP contribution in [-0.2, 0) is 0 Å². The van der Waals surface area contributed by atoms with E-state index in [1.807, 2.05) is 6.07 Å². The third-order valence-electron chi connectivity index (χ3n) is 3.64. The summed E-state index contributed by atoms with van der Waals surface area (Å²) in [6.45, 7) is 2.30.